The summed E-state index contributed by atoms with van der Waals surface area (Å²) in [6.07, 6.45) is 5.30. The first-order valence-electron chi connectivity index (χ1n) is 8.91. The number of benzene rings is 1. The summed E-state index contributed by atoms with van der Waals surface area (Å²) < 4.78 is 26.9. The third-order valence-corrected chi connectivity index (χ3v) is 7.39. The van der Waals surface area contributed by atoms with E-state index in [1.807, 2.05) is 30.3 Å². The summed E-state index contributed by atoms with van der Waals surface area (Å²) in [6.45, 7) is 5.63. The maximum Gasteiger partial charge on any atom is 0.218 e. The van der Waals surface area contributed by atoms with Gasteiger partial charge in [-0.2, -0.15) is 4.31 Å². The van der Waals surface area contributed by atoms with Crippen LogP contribution in [0.2, 0.25) is 0 Å². The van der Waals surface area contributed by atoms with E-state index in [9.17, 15) is 8.42 Å². The second-order valence-corrected chi connectivity index (χ2v) is 9.22. The van der Waals surface area contributed by atoms with Gasteiger partial charge in [-0.25, -0.2) is 8.42 Å². The molecule has 0 atom stereocenters. The van der Waals surface area contributed by atoms with E-state index in [-0.39, 0.29) is 5.75 Å². The summed E-state index contributed by atoms with van der Waals surface area (Å²) >= 11 is 0. The molecule has 1 aromatic rings. The van der Waals surface area contributed by atoms with Crippen LogP contribution in [0.1, 0.15) is 38.2 Å². The Hall–Kier alpha value is -0.910. The number of nitrogens with one attached hydrogen (secondary N) is 1. The molecule has 2 fully saturated rings. The summed E-state index contributed by atoms with van der Waals surface area (Å²) in [5.74, 6) is 1.00. The highest BCUT2D eigenvalue weighted by atomic mass is 32.2. The van der Waals surface area contributed by atoms with E-state index >= 15 is 0 Å². The number of nitrogens with zero attached hydrogens (tertiary/aromatic N) is 1. The fourth-order valence-electron chi connectivity index (χ4n) is 4.00. The van der Waals surface area contributed by atoms with Crippen molar-refractivity contribution in [3.8, 4) is 0 Å². The quantitative estimate of drug-likeness (QED) is 0.900. The fraction of sp³-hybridized carbons (Fsp3) is 0.667. The van der Waals surface area contributed by atoms with Gasteiger partial charge in [0, 0.05) is 0 Å². The standard InChI is InChI=1S/C18H28N2O2S/c1-16-7-9-18(10-8-16)19-11-13-20(14-12-19)23(21,22)15-17-5-3-2-4-6-17/h2-6,16,18H,7-15H2,1H3/p+1. The first-order valence-corrected chi connectivity index (χ1v) is 10.5. The van der Waals surface area contributed by atoms with E-state index in [1.54, 1.807) is 9.21 Å². The predicted molar refractivity (Wildman–Crippen MR) is 92.8 cm³/mol. The van der Waals surface area contributed by atoms with Crippen molar-refractivity contribution in [1.29, 1.82) is 0 Å². The molecule has 5 heteroatoms. The highest BCUT2D eigenvalue weighted by Crippen LogP contribution is 2.22. The average molecular weight is 338 g/mol. The molecule has 1 aromatic carbocycles. The number of hydrogen-bond acceptors (Lipinski definition) is 2. The van der Waals surface area contributed by atoms with E-state index < -0.39 is 10.0 Å². The van der Waals surface area contributed by atoms with Gasteiger partial charge in [0.25, 0.3) is 0 Å². The van der Waals surface area contributed by atoms with E-state index in [0.29, 0.717) is 13.1 Å². The third-order valence-electron chi connectivity index (χ3n) is 5.54. The highest BCUT2D eigenvalue weighted by molar-refractivity contribution is 7.88. The minimum absolute atomic E-state index is 0.129. The van der Waals surface area contributed by atoms with Crippen molar-refractivity contribution in [3.63, 3.8) is 0 Å². The van der Waals surface area contributed by atoms with Crippen molar-refractivity contribution < 1.29 is 13.3 Å². The second kappa shape index (κ2) is 7.32. The van der Waals surface area contributed by atoms with E-state index in [1.165, 1.54) is 25.7 Å². The van der Waals surface area contributed by atoms with Crippen LogP contribution in [0.15, 0.2) is 30.3 Å². The molecule has 1 saturated carbocycles. The highest BCUT2D eigenvalue weighted by Gasteiger charge is 2.33. The lowest BCUT2D eigenvalue weighted by atomic mass is 9.86. The van der Waals surface area contributed by atoms with Crippen molar-refractivity contribution in [2.24, 2.45) is 5.92 Å². The van der Waals surface area contributed by atoms with Crippen LogP contribution < -0.4 is 4.90 Å². The molecule has 1 N–H and O–H groups in total. The van der Waals surface area contributed by atoms with E-state index in [4.69, 9.17) is 0 Å². The van der Waals surface area contributed by atoms with Crippen molar-refractivity contribution in [2.75, 3.05) is 26.2 Å². The summed E-state index contributed by atoms with van der Waals surface area (Å²) in [7, 11) is -3.18. The topological polar surface area (TPSA) is 41.8 Å². The van der Waals surface area contributed by atoms with E-state index in [0.717, 1.165) is 30.6 Å². The summed E-state index contributed by atoms with van der Waals surface area (Å²) in [5.41, 5.74) is 0.878. The zero-order chi connectivity index (χ0) is 16.3. The average Bonchev–Trinajstić information content (AvgIpc) is 2.56. The van der Waals surface area contributed by atoms with Crippen LogP contribution >= 0.6 is 0 Å². The Balaban J connectivity index is 1.54. The van der Waals surface area contributed by atoms with Gasteiger partial charge in [-0.15, -0.1) is 0 Å². The molecule has 0 radical (unpaired) electrons. The molecule has 3 rings (SSSR count). The number of quaternary nitrogens is 1. The molecule has 0 aromatic heterocycles. The van der Waals surface area contributed by atoms with Gasteiger partial charge in [0.15, 0.2) is 0 Å². The van der Waals surface area contributed by atoms with Crippen molar-refractivity contribution in [3.05, 3.63) is 35.9 Å². The van der Waals surface area contributed by atoms with Crippen LogP contribution in [0.5, 0.6) is 0 Å². The van der Waals surface area contributed by atoms with Crippen molar-refractivity contribution in [2.45, 2.75) is 44.4 Å². The maximum absolute atomic E-state index is 12.6. The molecule has 1 heterocycles. The van der Waals surface area contributed by atoms with Gasteiger partial charge >= 0.3 is 0 Å². The van der Waals surface area contributed by atoms with Gasteiger partial charge in [0.1, 0.15) is 0 Å². The van der Waals surface area contributed by atoms with E-state index in [2.05, 4.69) is 6.92 Å². The number of piperazine rings is 1. The van der Waals surface area contributed by atoms with Crippen molar-refractivity contribution in [1.82, 2.24) is 4.31 Å². The molecule has 128 valence electrons. The lowest BCUT2D eigenvalue weighted by molar-refractivity contribution is -0.930. The van der Waals surface area contributed by atoms with Gasteiger partial charge < -0.3 is 4.90 Å². The Morgan fingerprint density at radius 1 is 1.04 bits per heavy atom. The number of sulfonamides is 1. The first kappa shape index (κ1) is 16.9. The Morgan fingerprint density at radius 2 is 1.65 bits per heavy atom. The van der Waals surface area contributed by atoms with Gasteiger partial charge in [-0.1, -0.05) is 37.3 Å². The first-order chi connectivity index (χ1) is 11.0. The van der Waals surface area contributed by atoms with Crippen LogP contribution in [0.3, 0.4) is 0 Å². The smallest absolute Gasteiger partial charge is 0.218 e. The monoisotopic (exact) mass is 337 g/mol. The molecule has 4 nitrogen and oxygen atoms in total. The SMILES string of the molecule is CC1CCC([NH+]2CCN(S(=O)(=O)Cc3ccccc3)CC2)CC1. The Bertz CT molecular complexity index is 587. The molecule has 0 amide bonds. The Morgan fingerprint density at radius 3 is 2.26 bits per heavy atom. The molecule has 23 heavy (non-hydrogen) atoms. The number of hydrogen-bond donors (Lipinski definition) is 1. The molecule has 0 spiro atoms. The predicted octanol–water partition coefficient (Wildman–Crippen LogP) is 1.30. The molecule has 1 aliphatic carbocycles. The lowest BCUT2D eigenvalue weighted by Crippen LogP contribution is -3.18. The van der Waals surface area contributed by atoms with Gasteiger partial charge in [-0.05, 0) is 37.2 Å². The molecule has 1 saturated heterocycles. The number of rotatable bonds is 4. The minimum Gasteiger partial charge on any atom is -0.330 e. The molecule has 2 aliphatic rings. The molecule has 1 aliphatic heterocycles. The molecule has 0 bridgehead atoms. The largest absolute Gasteiger partial charge is 0.330 e. The zero-order valence-corrected chi connectivity index (χ0v) is 14.9. The van der Waals surface area contributed by atoms with Crippen LogP contribution in [0.25, 0.3) is 0 Å². The third kappa shape index (κ3) is 4.34. The normalized spacial score (nSPS) is 27.9. The fourth-order valence-corrected chi connectivity index (χ4v) is 5.54. The second-order valence-electron chi connectivity index (χ2n) is 7.26. The van der Waals surface area contributed by atoms with Gasteiger partial charge in [0.05, 0.1) is 38.0 Å². The maximum atomic E-state index is 12.6. The van der Waals surface area contributed by atoms with Crippen LogP contribution in [-0.2, 0) is 15.8 Å². The summed E-state index contributed by atoms with van der Waals surface area (Å²) in [5, 5.41) is 0. The Kier molecular flexibility index (Phi) is 5.39. The van der Waals surface area contributed by atoms with Gasteiger partial charge in [0.2, 0.25) is 10.0 Å². The van der Waals surface area contributed by atoms with Crippen molar-refractivity contribution >= 4 is 10.0 Å². The minimum atomic E-state index is -3.18. The summed E-state index contributed by atoms with van der Waals surface area (Å²) in [4.78, 5) is 1.63. The molecular weight excluding hydrogens is 308 g/mol. The van der Waals surface area contributed by atoms with Crippen LogP contribution in [-0.4, -0.2) is 44.9 Å². The lowest BCUT2D eigenvalue weighted by Gasteiger charge is -2.38. The van der Waals surface area contributed by atoms with Crippen LogP contribution in [0.4, 0.5) is 0 Å². The molecular formula is C18H29N2O2S+. The van der Waals surface area contributed by atoms with Gasteiger partial charge in [-0.3, -0.25) is 0 Å². The summed E-state index contributed by atoms with van der Waals surface area (Å²) in [6, 6.07) is 10.3. The zero-order valence-electron chi connectivity index (χ0n) is 14.1. The van der Waals surface area contributed by atoms with Crippen LogP contribution in [0, 0.1) is 5.92 Å². The molecule has 0 unspecified atom stereocenters. The Labute approximate surface area is 140 Å².